The van der Waals surface area contributed by atoms with Gasteiger partial charge < -0.3 is 5.11 Å². The number of halogens is 2. The van der Waals surface area contributed by atoms with Crippen LogP contribution in [-0.2, 0) is 7.05 Å². The van der Waals surface area contributed by atoms with Crippen molar-refractivity contribution in [2.45, 2.75) is 0 Å². The first-order valence-electron chi connectivity index (χ1n) is 5.98. The van der Waals surface area contributed by atoms with Crippen LogP contribution in [0.15, 0.2) is 30.6 Å². The van der Waals surface area contributed by atoms with Crippen molar-refractivity contribution >= 4 is 16.9 Å². The maximum absolute atomic E-state index is 13.9. The smallest absolute Gasteiger partial charge is 0.336 e. The molecule has 0 aliphatic carbocycles. The number of hydrogen-bond acceptors (Lipinski definition) is 3. The largest absolute Gasteiger partial charge is 0.478 e. The molecule has 1 aromatic carbocycles. The summed E-state index contributed by atoms with van der Waals surface area (Å²) in [6.45, 7) is 0. The first kappa shape index (κ1) is 13.2. The zero-order valence-corrected chi connectivity index (χ0v) is 10.8. The van der Waals surface area contributed by atoms with Crippen molar-refractivity contribution in [3.8, 4) is 11.3 Å². The number of pyridine rings is 1. The molecular weight excluding hydrogens is 280 g/mol. The number of carboxylic acids is 1. The van der Waals surface area contributed by atoms with E-state index < -0.39 is 17.6 Å². The number of fused-ring (bicyclic) bond motifs is 1. The molecule has 0 fully saturated rings. The molecule has 2 heterocycles. The Morgan fingerprint density at radius 1 is 1.29 bits per heavy atom. The van der Waals surface area contributed by atoms with Gasteiger partial charge in [0, 0.05) is 18.8 Å². The molecule has 0 saturated carbocycles. The summed E-state index contributed by atoms with van der Waals surface area (Å²) < 4.78 is 29.2. The number of hydrogen-bond donors (Lipinski definition) is 1. The molecule has 3 rings (SSSR count). The van der Waals surface area contributed by atoms with E-state index in [9.17, 15) is 18.7 Å². The van der Waals surface area contributed by atoms with Crippen LogP contribution in [0.3, 0.4) is 0 Å². The van der Waals surface area contributed by atoms with Crippen LogP contribution < -0.4 is 0 Å². The Labute approximate surface area is 117 Å². The Kier molecular flexibility index (Phi) is 2.90. The predicted molar refractivity (Wildman–Crippen MR) is 70.8 cm³/mol. The first-order valence-corrected chi connectivity index (χ1v) is 5.98. The molecule has 21 heavy (non-hydrogen) atoms. The number of nitrogens with zero attached hydrogens (tertiary/aromatic N) is 3. The van der Waals surface area contributed by atoms with Crippen LogP contribution >= 0.6 is 0 Å². The number of rotatable bonds is 2. The molecule has 5 nitrogen and oxygen atoms in total. The third kappa shape index (κ3) is 2.12. The number of carbonyl (C=O) groups is 1. The highest BCUT2D eigenvalue weighted by atomic mass is 19.1. The van der Waals surface area contributed by atoms with E-state index in [1.54, 1.807) is 13.2 Å². The SMILES string of the molecule is Cn1cc(-c2cc(C(=O)O)c3c(F)ccc(F)c3n2)cn1. The van der Waals surface area contributed by atoms with Crippen LogP contribution in [0, 0.1) is 11.6 Å². The van der Waals surface area contributed by atoms with E-state index in [0.29, 0.717) is 5.56 Å². The normalized spacial score (nSPS) is 11.0. The lowest BCUT2D eigenvalue weighted by Crippen LogP contribution is -2.03. The highest BCUT2D eigenvalue weighted by Gasteiger charge is 2.19. The third-order valence-corrected chi connectivity index (χ3v) is 3.09. The van der Waals surface area contributed by atoms with Gasteiger partial charge in [-0.2, -0.15) is 5.10 Å². The Morgan fingerprint density at radius 3 is 2.62 bits per heavy atom. The molecule has 0 atom stereocenters. The van der Waals surface area contributed by atoms with E-state index in [-0.39, 0.29) is 22.2 Å². The predicted octanol–water partition coefficient (Wildman–Crippen LogP) is 2.61. The molecule has 3 aromatic rings. The van der Waals surface area contributed by atoms with Gasteiger partial charge in [-0.3, -0.25) is 4.68 Å². The Balaban J connectivity index is 2.40. The standard InChI is InChI=1S/C14H9F2N3O2/c1-19-6-7(5-17-19)11-4-8(14(20)21)12-9(15)2-3-10(16)13(12)18-11/h2-6H,1H3,(H,20,21). The van der Waals surface area contributed by atoms with Crippen LogP contribution in [0.1, 0.15) is 10.4 Å². The molecule has 0 saturated heterocycles. The minimum absolute atomic E-state index is 0.220. The summed E-state index contributed by atoms with van der Waals surface area (Å²) in [4.78, 5) is 15.4. The highest BCUT2D eigenvalue weighted by Crippen LogP contribution is 2.28. The van der Waals surface area contributed by atoms with E-state index in [2.05, 4.69) is 10.1 Å². The van der Waals surface area contributed by atoms with Crippen molar-refractivity contribution in [3.63, 3.8) is 0 Å². The fraction of sp³-hybridized carbons (Fsp3) is 0.0714. The summed E-state index contributed by atoms with van der Waals surface area (Å²) in [6.07, 6.45) is 3.08. The number of aromatic carboxylic acids is 1. The number of benzene rings is 1. The minimum atomic E-state index is -1.35. The Morgan fingerprint density at radius 2 is 2.00 bits per heavy atom. The number of carboxylic acid groups (broad SMARTS) is 1. The summed E-state index contributed by atoms with van der Waals surface area (Å²) in [6, 6.07) is 3.02. The van der Waals surface area contributed by atoms with E-state index in [4.69, 9.17) is 0 Å². The molecule has 0 aliphatic heterocycles. The Bertz CT molecular complexity index is 874. The van der Waals surface area contributed by atoms with E-state index in [0.717, 1.165) is 12.1 Å². The minimum Gasteiger partial charge on any atom is -0.478 e. The van der Waals surface area contributed by atoms with Gasteiger partial charge in [0.1, 0.15) is 17.2 Å². The number of aromatic nitrogens is 3. The van der Waals surface area contributed by atoms with Crippen molar-refractivity contribution in [2.75, 3.05) is 0 Å². The molecule has 2 aromatic heterocycles. The van der Waals surface area contributed by atoms with Crippen LogP contribution in [-0.4, -0.2) is 25.8 Å². The van der Waals surface area contributed by atoms with Gasteiger partial charge in [-0.05, 0) is 18.2 Å². The lowest BCUT2D eigenvalue weighted by Gasteiger charge is -2.07. The molecule has 0 radical (unpaired) electrons. The maximum Gasteiger partial charge on any atom is 0.336 e. The van der Waals surface area contributed by atoms with Crippen molar-refractivity contribution in [3.05, 3.63) is 47.8 Å². The van der Waals surface area contributed by atoms with E-state index in [1.165, 1.54) is 16.9 Å². The summed E-state index contributed by atoms with van der Waals surface area (Å²) in [7, 11) is 1.68. The third-order valence-electron chi connectivity index (χ3n) is 3.09. The maximum atomic E-state index is 13.9. The van der Waals surface area contributed by atoms with Crippen molar-refractivity contribution in [2.24, 2.45) is 7.05 Å². The first-order chi connectivity index (χ1) is 9.97. The topological polar surface area (TPSA) is 68.0 Å². The lowest BCUT2D eigenvalue weighted by atomic mass is 10.0. The van der Waals surface area contributed by atoms with E-state index >= 15 is 0 Å². The van der Waals surface area contributed by atoms with Gasteiger partial charge in [-0.1, -0.05) is 0 Å². The van der Waals surface area contributed by atoms with E-state index in [1.807, 2.05) is 0 Å². The second-order valence-electron chi connectivity index (χ2n) is 4.52. The van der Waals surface area contributed by atoms with Crippen LogP contribution in [0.2, 0.25) is 0 Å². The second kappa shape index (κ2) is 4.62. The van der Waals surface area contributed by atoms with Gasteiger partial charge in [-0.15, -0.1) is 0 Å². The molecule has 1 N–H and O–H groups in total. The Hall–Kier alpha value is -2.83. The van der Waals surface area contributed by atoms with Gasteiger partial charge >= 0.3 is 5.97 Å². The molecule has 0 unspecified atom stereocenters. The molecule has 0 bridgehead atoms. The highest BCUT2D eigenvalue weighted by molar-refractivity contribution is 6.04. The fourth-order valence-electron chi connectivity index (χ4n) is 2.14. The van der Waals surface area contributed by atoms with Gasteiger partial charge in [0.2, 0.25) is 0 Å². The van der Waals surface area contributed by atoms with Crippen molar-refractivity contribution in [1.82, 2.24) is 14.8 Å². The number of aryl methyl sites for hydroxylation is 1. The van der Waals surface area contributed by atoms with Gasteiger partial charge in [-0.25, -0.2) is 18.6 Å². The molecule has 0 aliphatic rings. The monoisotopic (exact) mass is 289 g/mol. The van der Waals surface area contributed by atoms with Crippen LogP contribution in [0.5, 0.6) is 0 Å². The molecular formula is C14H9F2N3O2. The van der Waals surface area contributed by atoms with Gasteiger partial charge in [0.05, 0.1) is 22.8 Å². The zero-order chi connectivity index (χ0) is 15.1. The molecule has 0 amide bonds. The average Bonchev–Trinajstić information content (AvgIpc) is 2.88. The lowest BCUT2D eigenvalue weighted by molar-refractivity contribution is 0.0698. The molecule has 106 valence electrons. The summed E-state index contributed by atoms with van der Waals surface area (Å²) in [5.74, 6) is -2.95. The van der Waals surface area contributed by atoms with Gasteiger partial charge in [0.25, 0.3) is 0 Å². The quantitative estimate of drug-likeness (QED) is 0.787. The van der Waals surface area contributed by atoms with Crippen LogP contribution in [0.4, 0.5) is 8.78 Å². The summed E-state index contributed by atoms with van der Waals surface area (Å²) in [5.41, 5.74) is 0.0904. The summed E-state index contributed by atoms with van der Waals surface area (Å²) in [5, 5.41) is 12.8. The average molecular weight is 289 g/mol. The zero-order valence-electron chi connectivity index (χ0n) is 10.8. The molecule has 7 heteroatoms. The molecule has 0 spiro atoms. The summed E-state index contributed by atoms with van der Waals surface area (Å²) >= 11 is 0. The van der Waals surface area contributed by atoms with Gasteiger partial charge in [0.15, 0.2) is 0 Å². The fourth-order valence-corrected chi connectivity index (χ4v) is 2.14. The van der Waals surface area contributed by atoms with Crippen LogP contribution in [0.25, 0.3) is 22.2 Å². The van der Waals surface area contributed by atoms with Crippen molar-refractivity contribution in [1.29, 1.82) is 0 Å². The second-order valence-corrected chi connectivity index (χ2v) is 4.52. The van der Waals surface area contributed by atoms with Crippen molar-refractivity contribution < 1.29 is 18.7 Å².